The van der Waals surface area contributed by atoms with Crippen LogP contribution in [0.25, 0.3) is 11.1 Å². The minimum absolute atomic E-state index is 0.0603. The van der Waals surface area contributed by atoms with Crippen molar-refractivity contribution in [2.24, 2.45) is 0 Å². The summed E-state index contributed by atoms with van der Waals surface area (Å²) in [5.41, 5.74) is 7.34. The number of ether oxygens (including phenoxy) is 2. The van der Waals surface area contributed by atoms with Gasteiger partial charge in [-0.15, -0.1) is 0 Å². The lowest BCUT2D eigenvalue weighted by atomic mass is 10.0. The fraction of sp³-hybridized carbons (Fsp3) is 0.0909. The van der Waals surface area contributed by atoms with E-state index in [0.717, 1.165) is 0 Å². The van der Waals surface area contributed by atoms with Crippen LogP contribution in [0.4, 0.5) is 5.88 Å². The van der Waals surface area contributed by atoms with Crippen LogP contribution in [0.3, 0.4) is 0 Å². The number of carbonyl (C=O) groups is 1. The van der Waals surface area contributed by atoms with Gasteiger partial charge in [0.2, 0.25) is 12.7 Å². The van der Waals surface area contributed by atoms with Gasteiger partial charge in [0.25, 0.3) is 0 Å². The number of nitrogen functional groups attached to an aromatic ring is 1. The molecule has 2 heterocycles. The van der Waals surface area contributed by atoms with Gasteiger partial charge in [-0.25, -0.2) is 0 Å². The highest BCUT2D eigenvalue weighted by atomic mass is 79.9. The summed E-state index contributed by atoms with van der Waals surface area (Å²) >= 11 is 3.38. The molecule has 6 nitrogen and oxygen atoms in total. The van der Waals surface area contributed by atoms with Gasteiger partial charge in [0.05, 0.1) is 17.3 Å². The predicted molar refractivity (Wildman–Crippen MR) is 65.6 cm³/mol. The molecule has 0 radical (unpaired) electrons. The number of carbonyl (C=O) groups excluding carboxylic acids is 1. The zero-order valence-corrected chi connectivity index (χ0v) is 10.6. The lowest BCUT2D eigenvalue weighted by Gasteiger charge is -2.08. The average molecular weight is 311 g/mol. The van der Waals surface area contributed by atoms with E-state index < -0.39 is 0 Å². The van der Waals surface area contributed by atoms with Gasteiger partial charge < -0.3 is 19.7 Å². The molecule has 1 aromatic carbocycles. The Balaban J connectivity index is 2.31. The number of fused-ring (bicyclic) bond motifs is 1. The highest BCUT2D eigenvalue weighted by Crippen LogP contribution is 2.48. The number of anilines is 1. The van der Waals surface area contributed by atoms with Crippen molar-refractivity contribution in [2.45, 2.75) is 0 Å². The summed E-state index contributed by atoms with van der Waals surface area (Å²) in [5, 5.41) is 3.62. The van der Waals surface area contributed by atoms with E-state index in [1.807, 2.05) is 0 Å². The molecule has 1 aliphatic heterocycles. The number of nitrogens with zero attached hydrogens (tertiary/aromatic N) is 1. The number of hydrogen-bond donors (Lipinski definition) is 1. The van der Waals surface area contributed by atoms with E-state index >= 15 is 0 Å². The molecule has 0 atom stereocenters. The third-order valence-electron chi connectivity index (χ3n) is 2.62. The predicted octanol–water partition coefficient (Wildman–Crippen LogP) is 2.23. The highest BCUT2D eigenvalue weighted by molar-refractivity contribution is 9.10. The van der Waals surface area contributed by atoms with E-state index in [-0.39, 0.29) is 12.7 Å². The SMILES string of the molecule is Nc1oncc1-c1c(Br)cc(C=O)c2c1OCO2. The summed E-state index contributed by atoms with van der Waals surface area (Å²) in [7, 11) is 0. The summed E-state index contributed by atoms with van der Waals surface area (Å²) in [6.45, 7) is 0.0603. The average Bonchev–Trinajstić information content (AvgIpc) is 2.97. The van der Waals surface area contributed by atoms with Crippen molar-refractivity contribution in [1.29, 1.82) is 0 Å². The monoisotopic (exact) mass is 310 g/mol. The summed E-state index contributed by atoms with van der Waals surface area (Å²) in [6, 6.07) is 1.64. The standard InChI is InChI=1S/C11H7BrN2O4/c12-7-1-5(3-15)9-10(17-4-16-9)8(7)6-2-14-18-11(6)13/h1-3H,4,13H2. The molecule has 0 saturated heterocycles. The second-order valence-electron chi connectivity index (χ2n) is 3.61. The minimum Gasteiger partial charge on any atom is -0.453 e. The molecule has 1 aromatic heterocycles. The van der Waals surface area contributed by atoms with Crippen LogP contribution in [0, 0.1) is 0 Å². The Bertz CT molecular complexity index is 638. The minimum atomic E-state index is 0.0603. The summed E-state index contributed by atoms with van der Waals surface area (Å²) in [5.74, 6) is 1.04. The van der Waals surface area contributed by atoms with Crippen LogP contribution >= 0.6 is 15.9 Å². The van der Waals surface area contributed by atoms with Crippen molar-refractivity contribution in [3.63, 3.8) is 0 Å². The molecule has 1 aliphatic rings. The van der Waals surface area contributed by atoms with E-state index in [1.165, 1.54) is 6.20 Å². The topological polar surface area (TPSA) is 87.6 Å². The fourth-order valence-electron chi connectivity index (χ4n) is 1.84. The molecule has 0 aliphatic carbocycles. The summed E-state index contributed by atoms with van der Waals surface area (Å²) in [4.78, 5) is 11.0. The molecular formula is C11H7BrN2O4. The van der Waals surface area contributed by atoms with Gasteiger partial charge in [-0.3, -0.25) is 4.79 Å². The van der Waals surface area contributed by atoms with Crippen LogP contribution in [-0.4, -0.2) is 18.2 Å². The van der Waals surface area contributed by atoms with Gasteiger partial charge in [0.15, 0.2) is 17.8 Å². The van der Waals surface area contributed by atoms with Crippen molar-refractivity contribution in [2.75, 3.05) is 12.5 Å². The number of benzene rings is 1. The molecule has 2 aromatic rings. The van der Waals surface area contributed by atoms with Gasteiger partial charge >= 0.3 is 0 Å². The van der Waals surface area contributed by atoms with Crippen LogP contribution in [0.5, 0.6) is 11.5 Å². The van der Waals surface area contributed by atoms with E-state index in [0.29, 0.717) is 38.9 Å². The second-order valence-corrected chi connectivity index (χ2v) is 4.46. The van der Waals surface area contributed by atoms with Crippen molar-refractivity contribution >= 4 is 28.1 Å². The van der Waals surface area contributed by atoms with Gasteiger partial charge in [0, 0.05) is 10.0 Å². The lowest BCUT2D eigenvalue weighted by molar-refractivity contribution is 0.111. The molecule has 0 amide bonds. The quantitative estimate of drug-likeness (QED) is 0.856. The molecular weight excluding hydrogens is 304 g/mol. The van der Waals surface area contributed by atoms with Crippen molar-refractivity contribution in [3.8, 4) is 22.6 Å². The largest absolute Gasteiger partial charge is 0.453 e. The maximum absolute atomic E-state index is 11.0. The first-order chi connectivity index (χ1) is 8.72. The van der Waals surface area contributed by atoms with E-state index in [4.69, 9.17) is 19.7 Å². The Kier molecular flexibility index (Phi) is 2.48. The fourth-order valence-corrected chi connectivity index (χ4v) is 2.48. The number of nitrogens with two attached hydrogens (primary N) is 1. The maximum Gasteiger partial charge on any atom is 0.231 e. The van der Waals surface area contributed by atoms with Crippen LogP contribution < -0.4 is 15.2 Å². The third-order valence-corrected chi connectivity index (χ3v) is 3.24. The normalized spacial score (nSPS) is 12.7. The third kappa shape index (κ3) is 1.47. The van der Waals surface area contributed by atoms with E-state index in [2.05, 4.69) is 21.1 Å². The van der Waals surface area contributed by atoms with Gasteiger partial charge in [0.1, 0.15) is 0 Å². The molecule has 0 spiro atoms. The Hall–Kier alpha value is -2.02. The summed E-state index contributed by atoms with van der Waals surface area (Å²) < 4.78 is 16.2. The summed E-state index contributed by atoms with van der Waals surface area (Å²) in [6.07, 6.45) is 2.19. The van der Waals surface area contributed by atoms with Crippen molar-refractivity contribution < 1.29 is 18.8 Å². The Morgan fingerprint density at radius 2 is 2.17 bits per heavy atom. The molecule has 3 rings (SSSR count). The molecule has 0 saturated carbocycles. The first-order valence-electron chi connectivity index (χ1n) is 5.00. The first-order valence-corrected chi connectivity index (χ1v) is 5.79. The van der Waals surface area contributed by atoms with Crippen LogP contribution in [0.2, 0.25) is 0 Å². The molecule has 0 bridgehead atoms. The molecule has 92 valence electrons. The number of aromatic nitrogens is 1. The van der Waals surface area contributed by atoms with Crippen molar-refractivity contribution in [1.82, 2.24) is 5.16 Å². The van der Waals surface area contributed by atoms with E-state index in [1.54, 1.807) is 6.07 Å². The zero-order chi connectivity index (χ0) is 12.7. The van der Waals surface area contributed by atoms with Crippen molar-refractivity contribution in [3.05, 3.63) is 22.3 Å². The van der Waals surface area contributed by atoms with Crippen LogP contribution in [0.1, 0.15) is 10.4 Å². The number of halogens is 1. The highest BCUT2D eigenvalue weighted by Gasteiger charge is 2.27. The molecule has 0 fully saturated rings. The smallest absolute Gasteiger partial charge is 0.231 e. The van der Waals surface area contributed by atoms with Gasteiger partial charge in [-0.2, -0.15) is 0 Å². The maximum atomic E-state index is 11.0. The molecule has 18 heavy (non-hydrogen) atoms. The molecule has 7 heteroatoms. The number of hydrogen-bond acceptors (Lipinski definition) is 6. The van der Waals surface area contributed by atoms with Crippen LogP contribution in [0.15, 0.2) is 21.3 Å². The van der Waals surface area contributed by atoms with E-state index in [9.17, 15) is 4.79 Å². The number of aldehydes is 1. The Morgan fingerprint density at radius 1 is 1.39 bits per heavy atom. The van der Waals surface area contributed by atoms with Gasteiger partial charge in [-0.1, -0.05) is 5.16 Å². The second kappa shape index (κ2) is 4.02. The Labute approximate surface area is 110 Å². The molecule has 2 N–H and O–H groups in total. The Morgan fingerprint density at radius 3 is 2.83 bits per heavy atom. The van der Waals surface area contributed by atoms with Crippen LogP contribution in [-0.2, 0) is 0 Å². The molecule has 0 unspecified atom stereocenters. The zero-order valence-electron chi connectivity index (χ0n) is 8.97. The first kappa shape index (κ1) is 11.1. The lowest BCUT2D eigenvalue weighted by Crippen LogP contribution is -1.94. The van der Waals surface area contributed by atoms with Gasteiger partial charge in [-0.05, 0) is 22.0 Å². The number of rotatable bonds is 2.